The average Bonchev–Trinajstić information content (AvgIpc) is 2.98. The van der Waals surface area contributed by atoms with Gasteiger partial charge in [-0.3, -0.25) is 18.2 Å². The molecule has 42 heavy (non-hydrogen) atoms. The molecule has 0 saturated carbocycles. The standard InChI is InChI=1S/C28H28N4O8S2/c1-39-19-7-11-21(12-8-19)41(35,36)31(17-27(29)33)25-15-16-26(24-6-4-3-5-23(24)25)32(18-28(30)34)42(37,38)22-13-9-20(40-2)10-14-22/h3-16H,17-18H2,1-2H3,(H2,29,33)(H2,30,34). The van der Waals surface area contributed by atoms with Crippen LogP contribution in [0.1, 0.15) is 0 Å². The van der Waals surface area contributed by atoms with Gasteiger partial charge in [-0.2, -0.15) is 0 Å². The second-order valence-electron chi connectivity index (χ2n) is 8.96. The Labute approximate surface area is 243 Å². The number of primary amides is 2. The summed E-state index contributed by atoms with van der Waals surface area (Å²) < 4.78 is 67.0. The third-order valence-corrected chi connectivity index (χ3v) is 9.86. The van der Waals surface area contributed by atoms with Gasteiger partial charge in [0.25, 0.3) is 20.0 Å². The number of amides is 2. The minimum Gasteiger partial charge on any atom is -0.497 e. The number of carbonyl (C=O) groups excluding carboxylic acids is 2. The predicted molar refractivity (Wildman–Crippen MR) is 157 cm³/mol. The predicted octanol–water partition coefficient (Wildman–Crippen LogP) is 2.22. The molecule has 0 aromatic heterocycles. The number of fused-ring (bicyclic) bond motifs is 1. The molecule has 14 heteroatoms. The van der Waals surface area contributed by atoms with Gasteiger partial charge in [-0.1, -0.05) is 24.3 Å². The molecule has 0 radical (unpaired) electrons. The first kappa shape index (κ1) is 30.1. The normalized spacial score (nSPS) is 11.6. The lowest BCUT2D eigenvalue weighted by molar-refractivity contribution is -0.117. The fraction of sp³-hybridized carbons (Fsp3) is 0.143. The number of methoxy groups -OCH3 is 2. The van der Waals surface area contributed by atoms with Crippen molar-refractivity contribution in [1.82, 2.24) is 0 Å². The summed E-state index contributed by atoms with van der Waals surface area (Å²) in [7, 11) is -5.80. The highest BCUT2D eigenvalue weighted by atomic mass is 32.2. The number of ether oxygens (including phenoxy) is 2. The van der Waals surface area contributed by atoms with Gasteiger partial charge in [0.15, 0.2) is 0 Å². The number of hydrogen-bond acceptors (Lipinski definition) is 8. The smallest absolute Gasteiger partial charge is 0.264 e. The van der Waals surface area contributed by atoms with Crippen LogP contribution in [0.3, 0.4) is 0 Å². The number of rotatable bonds is 12. The van der Waals surface area contributed by atoms with Crippen molar-refractivity contribution < 1.29 is 35.9 Å². The summed E-state index contributed by atoms with van der Waals surface area (Å²) in [6.45, 7) is -1.40. The van der Waals surface area contributed by atoms with E-state index in [0.717, 1.165) is 8.61 Å². The summed E-state index contributed by atoms with van der Waals surface area (Å²) in [6.07, 6.45) is 0. The monoisotopic (exact) mass is 612 g/mol. The fourth-order valence-corrected chi connectivity index (χ4v) is 7.23. The van der Waals surface area contributed by atoms with Crippen LogP contribution < -0.4 is 29.6 Å². The second kappa shape index (κ2) is 12.0. The minimum absolute atomic E-state index is 0.0600. The summed E-state index contributed by atoms with van der Waals surface area (Å²) in [4.78, 5) is 23.9. The lowest BCUT2D eigenvalue weighted by Crippen LogP contribution is -2.39. The Morgan fingerprint density at radius 2 is 0.929 bits per heavy atom. The van der Waals surface area contributed by atoms with E-state index in [-0.39, 0.29) is 31.9 Å². The van der Waals surface area contributed by atoms with E-state index >= 15 is 0 Å². The number of sulfonamides is 2. The molecule has 4 aromatic rings. The van der Waals surface area contributed by atoms with Gasteiger partial charge in [-0.25, -0.2) is 16.8 Å². The average molecular weight is 613 g/mol. The molecule has 220 valence electrons. The van der Waals surface area contributed by atoms with Crippen LogP contribution in [0.15, 0.2) is 94.7 Å². The molecular formula is C28H28N4O8S2. The van der Waals surface area contributed by atoms with Gasteiger partial charge in [-0.05, 0) is 60.7 Å². The zero-order valence-electron chi connectivity index (χ0n) is 22.6. The molecule has 0 aliphatic carbocycles. The Morgan fingerprint density at radius 1 is 0.595 bits per heavy atom. The molecule has 4 N–H and O–H groups in total. The van der Waals surface area contributed by atoms with Gasteiger partial charge in [0, 0.05) is 10.8 Å². The van der Waals surface area contributed by atoms with Gasteiger partial charge < -0.3 is 20.9 Å². The molecule has 0 aliphatic heterocycles. The highest BCUT2D eigenvalue weighted by Gasteiger charge is 2.31. The molecule has 0 saturated heterocycles. The van der Waals surface area contributed by atoms with E-state index < -0.39 is 45.0 Å². The van der Waals surface area contributed by atoms with Crippen LogP contribution in [0.5, 0.6) is 11.5 Å². The number of carbonyl (C=O) groups is 2. The van der Waals surface area contributed by atoms with E-state index in [2.05, 4.69) is 0 Å². The molecule has 0 fully saturated rings. The van der Waals surface area contributed by atoms with Crippen LogP contribution in [0.25, 0.3) is 10.8 Å². The number of nitrogens with two attached hydrogens (primary N) is 2. The van der Waals surface area contributed by atoms with Crippen LogP contribution in [-0.2, 0) is 29.6 Å². The first-order chi connectivity index (χ1) is 19.9. The molecular weight excluding hydrogens is 584 g/mol. The third kappa shape index (κ3) is 5.94. The molecule has 4 rings (SSSR count). The topological polar surface area (TPSA) is 179 Å². The van der Waals surface area contributed by atoms with Crippen LogP contribution in [-0.4, -0.2) is 56.0 Å². The SMILES string of the molecule is COc1ccc(S(=O)(=O)N(CC(N)=O)c2ccc(N(CC(N)=O)S(=O)(=O)c3ccc(OC)cc3)c3ccccc23)cc1. The molecule has 0 unspecified atom stereocenters. The number of anilines is 2. The number of benzene rings is 4. The molecule has 0 spiro atoms. The Morgan fingerprint density at radius 3 is 1.21 bits per heavy atom. The summed E-state index contributed by atoms with van der Waals surface area (Å²) in [5.41, 5.74) is 11.0. The van der Waals surface area contributed by atoms with E-state index in [1.54, 1.807) is 24.3 Å². The van der Waals surface area contributed by atoms with Gasteiger partial charge >= 0.3 is 0 Å². The fourth-order valence-electron chi connectivity index (χ4n) is 4.33. The molecule has 0 atom stereocenters. The molecule has 0 bridgehead atoms. The van der Waals surface area contributed by atoms with Crippen LogP contribution >= 0.6 is 0 Å². The van der Waals surface area contributed by atoms with Crippen molar-refractivity contribution in [3.63, 3.8) is 0 Å². The molecule has 4 aromatic carbocycles. The summed E-state index contributed by atoms with van der Waals surface area (Å²) in [5, 5.41) is 0.542. The third-order valence-electron chi connectivity index (χ3n) is 6.31. The maximum atomic E-state index is 13.8. The zero-order chi connectivity index (χ0) is 30.7. The van der Waals surface area contributed by atoms with E-state index in [1.807, 2.05) is 0 Å². The summed E-state index contributed by atoms with van der Waals surface area (Å²) in [5.74, 6) is -0.981. The van der Waals surface area contributed by atoms with Crippen molar-refractivity contribution in [2.45, 2.75) is 9.79 Å². The van der Waals surface area contributed by atoms with Crippen LogP contribution in [0.2, 0.25) is 0 Å². The Balaban J connectivity index is 1.92. The quantitative estimate of drug-likeness (QED) is 0.244. The Bertz CT molecular complexity index is 1710. The van der Waals surface area contributed by atoms with E-state index in [9.17, 15) is 26.4 Å². The van der Waals surface area contributed by atoms with E-state index in [1.165, 1.54) is 74.9 Å². The zero-order valence-corrected chi connectivity index (χ0v) is 24.3. The minimum atomic E-state index is -4.34. The highest BCUT2D eigenvalue weighted by molar-refractivity contribution is 7.93. The van der Waals surface area contributed by atoms with Crippen molar-refractivity contribution in [3.05, 3.63) is 84.9 Å². The first-order valence-electron chi connectivity index (χ1n) is 12.3. The Hall–Kier alpha value is -4.82. The Kier molecular flexibility index (Phi) is 8.59. The molecule has 12 nitrogen and oxygen atoms in total. The van der Waals surface area contributed by atoms with Crippen molar-refractivity contribution in [3.8, 4) is 11.5 Å². The molecule has 0 heterocycles. The van der Waals surface area contributed by atoms with Gasteiger partial charge in [0.2, 0.25) is 11.8 Å². The second-order valence-corrected chi connectivity index (χ2v) is 12.7. The number of hydrogen-bond donors (Lipinski definition) is 2. The largest absolute Gasteiger partial charge is 0.497 e. The van der Waals surface area contributed by atoms with Crippen molar-refractivity contribution >= 4 is 54.0 Å². The van der Waals surface area contributed by atoms with E-state index in [0.29, 0.717) is 11.5 Å². The van der Waals surface area contributed by atoms with Crippen molar-refractivity contribution in [2.24, 2.45) is 11.5 Å². The first-order valence-corrected chi connectivity index (χ1v) is 15.2. The van der Waals surface area contributed by atoms with Crippen LogP contribution in [0, 0.1) is 0 Å². The van der Waals surface area contributed by atoms with Gasteiger partial charge in [0.1, 0.15) is 24.6 Å². The van der Waals surface area contributed by atoms with Crippen molar-refractivity contribution in [2.75, 3.05) is 35.9 Å². The van der Waals surface area contributed by atoms with Crippen molar-refractivity contribution in [1.29, 1.82) is 0 Å². The van der Waals surface area contributed by atoms with Crippen LogP contribution in [0.4, 0.5) is 11.4 Å². The van der Waals surface area contributed by atoms with Gasteiger partial charge in [-0.15, -0.1) is 0 Å². The summed E-state index contributed by atoms with van der Waals surface area (Å²) >= 11 is 0. The lowest BCUT2D eigenvalue weighted by atomic mass is 10.1. The molecule has 2 amide bonds. The number of nitrogens with zero attached hydrogens (tertiary/aromatic N) is 2. The van der Waals surface area contributed by atoms with Gasteiger partial charge in [0.05, 0.1) is 35.4 Å². The highest BCUT2D eigenvalue weighted by Crippen LogP contribution is 2.38. The lowest BCUT2D eigenvalue weighted by Gasteiger charge is -2.28. The maximum absolute atomic E-state index is 13.8. The van der Waals surface area contributed by atoms with E-state index in [4.69, 9.17) is 20.9 Å². The maximum Gasteiger partial charge on any atom is 0.264 e. The molecule has 0 aliphatic rings. The summed E-state index contributed by atoms with van der Waals surface area (Å²) in [6, 6.07) is 20.2.